The lowest BCUT2D eigenvalue weighted by atomic mass is 10.1. The van der Waals surface area contributed by atoms with Gasteiger partial charge in [-0.25, -0.2) is 18.7 Å². The molecule has 0 aliphatic rings. The molecule has 1 N–H and O–H groups in total. The van der Waals surface area contributed by atoms with Gasteiger partial charge in [-0.3, -0.25) is 4.68 Å². The highest BCUT2D eigenvalue weighted by Gasteiger charge is 2.16. The van der Waals surface area contributed by atoms with Crippen molar-refractivity contribution in [3.63, 3.8) is 0 Å². The van der Waals surface area contributed by atoms with E-state index in [0.717, 1.165) is 11.3 Å². The number of rotatable bonds is 5. The first-order valence-electron chi connectivity index (χ1n) is 7.48. The monoisotopic (exact) mass is 329 g/mol. The molecule has 3 rings (SSSR count). The van der Waals surface area contributed by atoms with Gasteiger partial charge >= 0.3 is 0 Å². The molecule has 24 heavy (non-hydrogen) atoms. The van der Waals surface area contributed by atoms with Gasteiger partial charge in [0.15, 0.2) is 0 Å². The highest BCUT2D eigenvalue weighted by molar-refractivity contribution is 5.62. The van der Waals surface area contributed by atoms with Crippen LogP contribution in [0.1, 0.15) is 23.4 Å². The van der Waals surface area contributed by atoms with Crippen LogP contribution in [0.25, 0.3) is 11.3 Å². The summed E-state index contributed by atoms with van der Waals surface area (Å²) in [5.41, 5.74) is 2.58. The molecule has 124 valence electrons. The van der Waals surface area contributed by atoms with Crippen molar-refractivity contribution in [3.05, 3.63) is 59.5 Å². The van der Waals surface area contributed by atoms with Crippen LogP contribution in [0.3, 0.4) is 0 Å². The first kappa shape index (κ1) is 16.0. The number of anilines is 1. The van der Waals surface area contributed by atoms with E-state index in [0.29, 0.717) is 17.8 Å². The van der Waals surface area contributed by atoms with Gasteiger partial charge in [-0.1, -0.05) is 30.3 Å². The summed E-state index contributed by atoms with van der Waals surface area (Å²) < 4.78 is 28.0. The van der Waals surface area contributed by atoms with Gasteiger partial charge in [0.25, 0.3) is 6.43 Å². The van der Waals surface area contributed by atoms with Crippen LogP contribution in [-0.4, -0.2) is 19.7 Å². The Balaban J connectivity index is 1.92. The molecule has 0 fully saturated rings. The van der Waals surface area contributed by atoms with E-state index in [9.17, 15) is 8.78 Å². The number of nitrogens with one attached hydrogen (secondary N) is 1. The second-order valence-electron chi connectivity index (χ2n) is 5.44. The minimum Gasteiger partial charge on any atom is -0.350 e. The second kappa shape index (κ2) is 6.74. The zero-order chi connectivity index (χ0) is 17.1. The summed E-state index contributed by atoms with van der Waals surface area (Å²) in [6.45, 7) is 2.27. The van der Waals surface area contributed by atoms with Crippen LogP contribution < -0.4 is 5.32 Å². The summed E-state index contributed by atoms with van der Waals surface area (Å²) in [7, 11) is 1.78. The minimum absolute atomic E-state index is 0.176. The van der Waals surface area contributed by atoms with Gasteiger partial charge in [-0.05, 0) is 18.6 Å². The number of benzene rings is 1. The highest BCUT2D eigenvalue weighted by Crippen LogP contribution is 2.26. The van der Waals surface area contributed by atoms with Gasteiger partial charge in [0, 0.05) is 25.4 Å². The number of aromatic nitrogens is 4. The van der Waals surface area contributed by atoms with E-state index >= 15 is 0 Å². The maximum atomic E-state index is 13.2. The molecule has 2 heterocycles. The Bertz CT molecular complexity index is 830. The van der Waals surface area contributed by atoms with Gasteiger partial charge in [0.2, 0.25) is 5.95 Å². The van der Waals surface area contributed by atoms with Gasteiger partial charge in [-0.2, -0.15) is 5.10 Å². The van der Waals surface area contributed by atoms with Gasteiger partial charge in [0.1, 0.15) is 5.69 Å². The summed E-state index contributed by atoms with van der Waals surface area (Å²) >= 11 is 0. The van der Waals surface area contributed by atoms with E-state index in [4.69, 9.17) is 0 Å². The fourth-order valence-corrected chi connectivity index (χ4v) is 2.42. The third-order valence-corrected chi connectivity index (χ3v) is 3.55. The summed E-state index contributed by atoms with van der Waals surface area (Å²) in [5.74, 6) is 0.176. The average Bonchev–Trinajstić information content (AvgIpc) is 2.92. The molecular weight excluding hydrogens is 312 g/mol. The van der Waals surface area contributed by atoms with E-state index in [1.165, 1.54) is 6.07 Å². The smallest absolute Gasteiger partial charge is 0.280 e. The molecule has 0 radical (unpaired) electrons. The second-order valence-corrected chi connectivity index (χ2v) is 5.44. The normalized spacial score (nSPS) is 11.0. The predicted octanol–water partition coefficient (Wildman–Crippen LogP) is 3.74. The Morgan fingerprint density at radius 1 is 1.17 bits per heavy atom. The SMILES string of the molecule is Cc1nn(C)cc1-c1cc(C(F)F)nc(NCc2ccccc2)n1. The van der Waals surface area contributed by atoms with Gasteiger partial charge < -0.3 is 5.32 Å². The van der Waals surface area contributed by atoms with E-state index in [2.05, 4.69) is 20.4 Å². The van der Waals surface area contributed by atoms with Crippen LogP contribution in [-0.2, 0) is 13.6 Å². The van der Waals surface area contributed by atoms with E-state index < -0.39 is 6.43 Å². The topological polar surface area (TPSA) is 55.6 Å². The van der Waals surface area contributed by atoms with Crippen LogP contribution in [0.4, 0.5) is 14.7 Å². The zero-order valence-electron chi connectivity index (χ0n) is 13.4. The van der Waals surface area contributed by atoms with E-state index in [1.54, 1.807) is 17.9 Å². The fourth-order valence-electron chi connectivity index (χ4n) is 2.42. The van der Waals surface area contributed by atoms with Crippen LogP contribution in [0, 0.1) is 6.92 Å². The van der Waals surface area contributed by atoms with Crippen molar-refractivity contribution in [2.75, 3.05) is 5.32 Å². The molecule has 0 aliphatic heterocycles. The molecule has 3 aromatic rings. The van der Waals surface area contributed by atoms with Crippen molar-refractivity contribution < 1.29 is 8.78 Å². The van der Waals surface area contributed by atoms with Crippen LogP contribution >= 0.6 is 0 Å². The Kier molecular flexibility index (Phi) is 4.50. The summed E-state index contributed by atoms with van der Waals surface area (Å²) in [4.78, 5) is 8.28. The van der Waals surface area contributed by atoms with Gasteiger partial charge in [0.05, 0.1) is 11.4 Å². The lowest BCUT2D eigenvalue weighted by Gasteiger charge is -2.09. The Morgan fingerprint density at radius 2 is 1.92 bits per heavy atom. The Hall–Kier alpha value is -2.83. The van der Waals surface area contributed by atoms with Crippen molar-refractivity contribution in [2.45, 2.75) is 19.9 Å². The maximum absolute atomic E-state index is 13.2. The fraction of sp³-hybridized carbons (Fsp3) is 0.235. The molecule has 1 aromatic carbocycles. The molecule has 0 bridgehead atoms. The standard InChI is InChI=1S/C17H17F2N5/c1-11-13(10-24(2)23-11)14-8-15(16(18)19)22-17(21-14)20-9-12-6-4-3-5-7-12/h3-8,10,16H,9H2,1-2H3,(H,20,21,22). The first-order valence-corrected chi connectivity index (χ1v) is 7.48. The zero-order valence-corrected chi connectivity index (χ0v) is 13.4. The van der Waals surface area contributed by atoms with Crippen LogP contribution in [0.5, 0.6) is 0 Å². The lowest BCUT2D eigenvalue weighted by molar-refractivity contribution is 0.146. The summed E-state index contributed by atoms with van der Waals surface area (Å²) in [6.07, 6.45) is -0.908. The number of nitrogens with zero attached hydrogens (tertiary/aromatic N) is 4. The highest BCUT2D eigenvalue weighted by atomic mass is 19.3. The molecule has 7 heteroatoms. The van der Waals surface area contributed by atoms with Crippen LogP contribution in [0.2, 0.25) is 0 Å². The van der Waals surface area contributed by atoms with Crippen LogP contribution in [0.15, 0.2) is 42.6 Å². The van der Waals surface area contributed by atoms with Crippen molar-refractivity contribution in [2.24, 2.45) is 7.05 Å². The molecule has 0 atom stereocenters. The summed E-state index contributed by atoms with van der Waals surface area (Å²) in [6, 6.07) is 10.9. The average molecular weight is 329 g/mol. The van der Waals surface area contributed by atoms with E-state index in [-0.39, 0.29) is 11.6 Å². The summed E-state index contributed by atoms with van der Waals surface area (Å²) in [5, 5.41) is 7.24. The minimum atomic E-state index is -2.67. The third-order valence-electron chi connectivity index (χ3n) is 3.55. The molecular formula is C17H17F2N5. The van der Waals surface area contributed by atoms with Crippen molar-refractivity contribution in [1.29, 1.82) is 0 Å². The molecule has 0 saturated heterocycles. The Labute approximate surface area is 138 Å². The van der Waals surface area contributed by atoms with Gasteiger partial charge in [-0.15, -0.1) is 0 Å². The third kappa shape index (κ3) is 3.56. The molecule has 2 aromatic heterocycles. The maximum Gasteiger partial charge on any atom is 0.280 e. The molecule has 5 nitrogen and oxygen atoms in total. The predicted molar refractivity (Wildman–Crippen MR) is 87.7 cm³/mol. The Morgan fingerprint density at radius 3 is 2.54 bits per heavy atom. The van der Waals surface area contributed by atoms with Crippen molar-refractivity contribution in [3.8, 4) is 11.3 Å². The quantitative estimate of drug-likeness (QED) is 0.775. The first-order chi connectivity index (χ1) is 11.5. The van der Waals surface area contributed by atoms with Crippen molar-refractivity contribution in [1.82, 2.24) is 19.7 Å². The lowest BCUT2D eigenvalue weighted by Crippen LogP contribution is -2.06. The number of aryl methyl sites for hydroxylation is 2. The molecule has 0 aliphatic carbocycles. The number of alkyl halides is 2. The largest absolute Gasteiger partial charge is 0.350 e. The van der Waals surface area contributed by atoms with E-state index in [1.807, 2.05) is 37.3 Å². The molecule has 0 spiro atoms. The number of hydrogen-bond acceptors (Lipinski definition) is 4. The molecule has 0 amide bonds. The number of hydrogen-bond donors (Lipinski definition) is 1. The molecule has 0 saturated carbocycles. The number of halogens is 2. The van der Waals surface area contributed by atoms with Crippen molar-refractivity contribution >= 4 is 5.95 Å². The molecule has 0 unspecified atom stereocenters.